The summed E-state index contributed by atoms with van der Waals surface area (Å²) in [5.74, 6) is 0. The van der Waals surface area contributed by atoms with Crippen molar-refractivity contribution in [3.05, 3.63) is 40.6 Å². The zero-order chi connectivity index (χ0) is 12.4. The summed E-state index contributed by atoms with van der Waals surface area (Å²) in [6, 6.07) is 2.14. The molecular formula is C12H16ClN3O. The predicted octanol–water partition coefficient (Wildman–Crippen LogP) is 2.48. The van der Waals surface area contributed by atoms with Crippen LogP contribution in [0.25, 0.3) is 0 Å². The smallest absolute Gasteiger partial charge is 0.0950 e. The Kier molecular flexibility index (Phi) is 3.54. The molecule has 0 saturated carbocycles. The molecule has 0 aliphatic carbocycles. The summed E-state index contributed by atoms with van der Waals surface area (Å²) in [5.41, 5.74) is 3.01. The SMILES string of the molecule is CNC(Cc1c(Cl)c(C)nn1C)c1ccoc1. The van der Waals surface area contributed by atoms with E-state index in [0.717, 1.165) is 28.4 Å². The number of nitrogens with zero attached hydrogens (tertiary/aromatic N) is 2. The van der Waals surface area contributed by atoms with E-state index >= 15 is 0 Å². The Morgan fingerprint density at radius 2 is 2.35 bits per heavy atom. The number of rotatable bonds is 4. The summed E-state index contributed by atoms with van der Waals surface area (Å²) in [4.78, 5) is 0. The van der Waals surface area contributed by atoms with Crippen LogP contribution in [0.5, 0.6) is 0 Å². The summed E-state index contributed by atoms with van der Waals surface area (Å²) in [5, 5.41) is 8.32. The van der Waals surface area contributed by atoms with Crippen molar-refractivity contribution in [2.75, 3.05) is 7.05 Å². The molecule has 0 aliphatic heterocycles. The van der Waals surface area contributed by atoms with Crippen molar-refractivity contribution in [2.45, 2.75) is 19.4 Å². The van der Waals surface area contributed by atoms with E-state index in [1.165, 1.54) is 0 Å². The maximum atomic E-state index is 6.24. The molecule has 0 aliphatic rings. The van der Waals surface area contributed by atoms with Gasteiger partial charge in [-0.3, -0.25) is 4.68 Å². The van der Waals surface area contributed by atoms with Gasteiger partial charge in [-0.2, -0.15) is 5.10 Å². The van der Waals surface area contributed by atoms with Gasteiger partial charge in [-0.1, -0.05) is 11.6 Å². The van der Waals surface area contributed by atoms with Crippen LogP contribution in [0.2, 0.25) is 5.02 Å². The average Bonchev–Trinajstić information content (AvgIpc) is 2.89. The van der Waals surface area contributed by atoms with Crippen LogP contribution in [0.1, 0.15) is 23.0 Å². The van der Waals surface area contributed by atoms with Crippen molar-refractivity contribution in [3.8, 4) is 0 Å². The van der Waals surface area contributed by atoms with Crippen molar-refractivity contribution in [3.63, 3.8) is 0 Å². The molecule has 0 fully saturated rings. The van der Waals surface area contributed by atoms with Gasteiger partial charge in [0.25, 0.3) is 0 Å². The molecule has 4 nitrogen and oxygen atoms in total. The first-order valence-electron chi connectivity index (χ1n) is 5.50. The molecule has 2 aromatic rings. The third-order valence-corrected chi connectivity index (χ3v) is 3.44. The molecule has 0 aromatic carbocycles. The molecule has 1 unspecified atom stereocenters. The highest BCUT2D eigenvalue weighted by atomic mass is 35.5. The fourth-order valence-corrected chi connectivity index (χ4v) is 2.19. The highest BCUT2D eigenvalue weighted by molar-refractivity contribution is 6.31. The van der Waals surface area contributed by atoms with Gasteiger partial charge in [0, 0.05) is 25.1 Å². The van der Waals surface area contributed by atoms with Crippen molar-refractivity contribution < 1.29 is 4.42 Å². The first-order chi connectivity index (χ1) is 8.13. The molecule has 2 aromatic heterocycles. The molecule has 0 radical (unpaired) electrons. The van der Waals surface area contributed by atoms with E-state index in [1.807, 2.05) is 31.8 Å². The Morgan fingerprint density at radius 3 is 2.82 bits per heavy atom. The highest BCUT2D eigenvalue weighted by Crippen LogP contribution is 2.25. The van der Waals surface area contributed by atoms with Gasteiger partial charge in [-0.25, -0.2) is 0 Å². The third-order valence-electron chi connectivity index (χ3n) is 2.95. The minimum absolute atomic E-state index is 0.182. The average molecular weight is 254 g/mol. The fraction of sp³-hybridized carbons (Fsp3) is 0.417. The van der Waals surface area contributed by atoms with Gasteiger partial charge in [-0.15, -0.1) is 0 Å². The summed E-state index contributed by atoms with van der Waals surface area (Å²) < 4.78 is 6.94. The fourth-order valence-electron chi connectivity index (χ4n) is 1.96. The standard InChI is InChI=1S/C12H16ClN3O/c1-8-12(13)11(16(3)15-8)6-10(14-2)9-4-5-17-7-9/h4-5,7,10,14H,6H2,1-3H3. The Hall–Kier alpha value is -1.26. The van der Waals surface area contributed by atoms with E-state index in [4.69, 9.17) is 16.0 Å². The van der Waals surface area contributed by atoms with Crippen molar-refractivity contribution in [1.82, 2.24) is 15.1 Å². The number of aryl methyl sites for hydroxylation is 2. The molecule has 92 valence electrons. The lowest BCUT2D eigenvalue weighted by atomic mass is 10.1. The second-order valence-electron chi connectivity index (χ2n) is 4.07. The van der Waals surface area contributed by atoms with Gasteiger partial charge >= 0.3 is 0 Å². The van der Waals surface area contributed by atoms with Gasteiger partial charge in [-0.05, 0) is 20.0 Å². The molecule has 0 amide bonds. The summed E-state index contributed by atoms with van der Waals surface area (Å²) >= 11 is 6.24. The maximum Gasteiger partial charge on any atom is 0.0950 e. The van der Waals surface area contributed by atoms with Crippen LogP contribution in [0, 0.1) is 6.92 Å². The lowest BCUT2D eigenvalue weighted by Crippen LogP contribution is -2.19. The molecule has 17 heavy (non-hydrogen) atoms. The van der Waals surface area contributed by atoms with Gasteiger partial charge in [0.1, 0.15) is 0 Å². The van der Waals surface area contributed by atoms with Gasteiger partial charge in [0.05, 0.1) is 28.9 Å². The summed E-state index contributed by atoms with van der Waals surface area (Å²) in [7, 11) is 3.84. The molecule has 0 saturated heterocycles. The minimum atomic E-state index is 0.182. The van der Waals surface area contributed by atoms with E-state index in [-0.39, 0.29) is 6.04 Å². The number of halogens is 1. The number of hydrogen-bond acceptors (Lipinski definition) is 3. The summed E-state index contributed by atoms with van der Waals surface area (Å²) in [6.45, 7) is 1.91. The molecule has 1 N–H and O–H groups in total. The second kappa shape index (κ2) is 4.94. The van der Waals surface area contributed by atoms with E-state index in [0.29, 0.717) is 0 Å². The number of aromatic nitrogens is 2. The number of furan rings is 1. The Labute approximate surface area is 106 Å². The predicted molar refractivity (Wildman–Crippen MR) is 67.2 cm³/mol. The van der Waals surface area contributed by atoms with E-state index in [1.54, 1.807) is 12.5 Å². The number of nitrogens with one attached hydrogen (secondary N) is 1. The lowest BCUT2D eigenvalue weighted by molar-refractivity contribution is 0.532. The quantitative estimate of drug-likeness (QED) is 0.910. The molecule has 1 atom stereocenters. The number of hydrogen-bond donors (Lipinski definition) is 1. The molecule has 0 spiro atoms. The highest BCUT2D eigenvalue weighted by Gasteiger charge is 2.17. The van der Waals surface area contributed by atoms with Crippen LogP contribution in [0.3, 0.4) is 0 Å². The van der Waals surface area contributed by atoms with E-state index in [9.17, 15) is 0 Å². The van der Waals surface area contributed by atoms with Crippen LogP contribution < -0.4 is 5.32 Å². The van der Waals surface area contributed by atoms with Gasteiger partial charge in [0.2, 0.25) is 0 Å². The first kappa shape index (κ1) is 12.2. The topological polar surface area (TPSA) is 43.0 Å². The lowest BCUT2D eigenvalue weighted by Gasteiger charge is -2.14. The van der Waals surface area contributed by atoms with E-state index < -0.39 is 0 Å². The van der Waals surface area contributed by atoms with E-state index in [2.05, 4.69) is 10.4 Å². The van der Waals surface area contributed by atoms with Crippen molar-refractivity contribution in [1.29, 1.82) is 0 Å². The number of likely N-dealkylation sites (N-methyl/N-ethyl adjacent to an activating group) is 1. The molecule has 0 bridgehead atoms. The molecule has 5 heteroatoms. The zero-order valence-corrected chi connectivity index (χ0v) is 11.0. The Bertz CT molecular complexity index is 490. The van der Waals surface area contributed by atoms with Gasteiger partial charge in [0.15, 0.2) is 0 Å². The van der Waals surface area contributed by atoms with Crippen LogP contribution in [-0.2, 0) is 13.5 Å². The largest absolute Gasteiger partial charge is 0.472 e. The molecular weight excluding hydrogens is 238 g/mol. The summed E-state index contributed by atoms with van der Waals surface area (Å²) in [6.07, 6.45) is 4.21. The van der Waals surface area contributed by atoms with Crippen LogP contribution >= 0.6 is 11.6 Å². The van der Waals surface area contributed by atoms with Gasteiger partial charge < -0.3 is 9.73 Å². The zero-order valence-electron chi connectivity index (χ0n) is 10.2. The maximum absolute atomic E-state index is 6.24. The van der Waals surface area contributed by atoms with Crippen molar-refractivity contribution >= 4 is 11.6 Å². The van der Waals surface area contributed by atoms with Crippen LogP contribution in [0.15, 0.2) is 23.0 Å². The first-order valence-corrected chi connectivity index (χ1v) is 5.88. The monoisotopic (exact) mass is 253 g/mol. The molecule has 2 heterocycles. The normalized spacial score (nSPS) is 12.9. The van der Waals surface area contributed by atoms with Crippen LogP contribution in [0.4, 0.5) is 0 Å². The Balaban J connectivity index is 2.24. The second-order valence-corrected chi connectivity index (χ2v) is 4.45. The van der Waals surface area contributed by atoms with Crippen LogP contribution in [-0.4, -0.2) is 16.8 Å². The van der Waals surface area contributed by atoms with Crippen molar-refractivity contribution in [2.24, 2.45) is 7.05 Å². The Morgan fingerprint density at radius 1 is 1.59 bits per heavy atom. The minimum Gasteiger partial charge on any atom is -0.472 e. The molecule has 2 rings (SSSR count). The third kappa shape index (κ3) is 2.37.